The van der Waals surface area contributed by atoms with Crippen LogP contribution in [0.2, 0.25) is 0 Å². The first-order valence-electron chi connectivity index (χ1n) is 6.15. The molecule has 1 atom stereocenters. The Balaban J connectivity index is 1.76. The van der Waals surface area contributed by atoms with Gasteiger partial charge in [-0.05, 0) is 36.9 Å². The van der Waals surface area contributed by atoms with Crippen LogP contribution in [-0.2, 0) is 6.54 Å². The average molecular weight is 222 g/mol. The second-order valence-electron chi connectivity index (χ2n) is 5.31. The zero-order valence-electron chi connectivity index (χ0n) is 10.3. The molecule has 0 aliphatic carbocycles. The molecule has 0 saturated carbocycles. The van der Waals surface area contributed by atoms with Crippen LogP contribution in [0.5, 0.6) is 0 Å². The van der Waals surface area contributed by atoms with Crippen LogP contribution in [0, 0.1) is 5.41 Å². The van der Waals surface area contributed by atoms with E-state index in [1.165, 1.54) is 12.8 Å². The molecule has 0 aromatic carbocycles. The molecule has 0 bridgehead atoms. The molecular formula is C13H22N2O. The Bertz CT molecular complexity index is 306. The van der Waals surface area contributed by atoms with Crippen LogP contribution in [0.25, 0.3) is 0 Å². The highest BCUT2D eigenvalue weighted by atomic mass is 16.3. The van der Waals surface area contributed by atoms with E-state index >= 15 is 0 Å². The van der Waals surface area contributed by atoms with Gasteiger partial charge in [-0.25, -0.2) is 0 Å². The van der Waals surface area contributed by atoms with Crippen LogP contribution in [0.3, 0.4) is 0 Å². The van der Waals surface area contributed by atoms with Crippen molar-refractivity contribution in [3.05, 3.63) is 24.2 Å². The quantitative estimate of drug-likeness (QED) is 0.819. The Morgan fingerprint density at radius 3 is 3.12 bits per heavy atom. The summed E-state index contributed by atoms with van der Waals surface area (Å²) in [6.45, 7) is 7.67. The zero-order valence-corrected chi connectivity index (χ0v) is 10.3. The van der Waals surface area contributed by atoms with Crippen molar-refractivity contribution in [2.24, 2.45) is 5.41 Å². The Morgan fingerprint density at radius 2 is 2.44 bits per heavy atom. The molecule has 3 heteroatoms. The Labute approximate surface area is 97.6 Å². The van der Waals surface area contributed by atoms with Crippen molar-refractivity contribution in [2.45, 2.75) is 39.3 Å². The number of hydrogen-bond acceptors (Lipinski definition) is 3. The summed E-state index contributed by atoms with van der Waals surface area (Å²) >= 11 is 0. The minimum atomic E-state index is 0.397. The average Bonchev–Trinajstić information content (AvgIpc) is 2.73. The second-order valence-corrected chi connectivity index (χ2v) is 5.31. The van der Waals surface area contributed by atoms with Crippen LogP contribution < -0.4 is 10.6 Å². The summed E-state index contributed by atoms with van der Waals surface area (Å²) in [5.74, 6) is 1.01. The lowest BCUT2D eigenvalue weighted by atomic mass is 9.77. The summed E-state index contributed by atoms with van der Waals surface area (Å²) in [5.41, 5.74) is 0.397. The van der Waals surface area contributed by atoms with Crippen molar-refractivity contribution in [1.29, 1.82) is 0 Å². The van der Waals surface area contributed by atoms with Crippen molar-refractivity contribution in [1.82, 2.24) is 10.6 Å². The van der Waals surface area contributed by atoms with Crippen molar-refractivity contribution in [2.75, 3.05) is 13.1 Å². The number of piperidine rings is 1. The van der Waals surface area contributed by atoms with Gasteiger partial charge in [0.25, 0.3) is 0 Å². The molecule has 2 N–H and O–H groups in total. The van der Waals surface area contributed by atoms with Gasteiger partial charge < -0.3 is 15.1 Å². The highest BCUT2D eigenvalue weighted by Gasteiger charge is 2.31. The number of hydrogen-bond donors (Lipinski definition) is 2. The van der Waals surface area contributed by atoms with E-state index in [-0.39, 0.29) is 0 Å². The van der Waals surface area contributed by atoms with E-state index in [1.807, 2.05) is 12.1 Å². The molecule has 16 heavy (non-hydrogen) atoms. The standard InChI is InChI=1S/C13H22N2O/c1-13(2)6-4-7-15-12(13)10-14-9-11-5-3-8-16-11/h3,5,8,12,14-15H,4,6-7,9-10H2,1-2H3. The molecule has 1 aromatic rings. The summed E-state index contributed by atoms with van der Waals surface area (Å²) in [6.07, 6.45) is 4.33. The van der Waals surface area contributed by atoms with Crippen LogP contribution in [0.4, 0.5) is 0 Å². The first kappa shape index (κ1) is 11.7. The molecule has 1 aromatic heterocycles. The van der Waals surface area contributed by atoms with E-state index in [0.717, 1.165) is 25.4 Å². The monoisotopic (exact) mass is 222 g/mol. The molecule has 1 aliphatic heterocycles. The van der Waals surface area contributed by atoms with Crippen LogP contribution >= 0.6 is 0 Å². The van der Waals surface area contributed by atoms with Crippen LogP contribution in [0.15, 0.2) is 22.8 Å². The lowest BCUT2D eigenvalue weighted by Gasteiger charge is -2.39. The number of rotatable bonds is 4. The van der Waals surface area contributed by atoms with Crippen LogP contribution in [0.1, 0.15) is 32.4 Å². The van der Waals surface area contributed by atoms with Gasteiger partial charge in [-0.3, -0.25) is 0 Å². The van der Waals surface area contributed by atoms with Gasteiger partial charge in [-0.2, -0.15) is 0 Å². The van der Waals surface area contributed by atoms with Crippen molar-refractivity contribution < 1.29 is 4.42 Å². The van der Waals surface area contributed by atoms with E-state index in [9.17, 15) is 0 Å². The molecule has 2 heterocycles. The molecule has 3 nitrogen and oxygen atoms in total. The fraction of sp³-hybridized carbons (Fsp3) is 0.692. The first-order valence-corrected chi connectivity index (χ1v) is 6.15. The van der Waals surface area contributed by atoms with Crippen LogP contribution in [-0.4, -0.2) is 19.1 Å². The highest BCUT2D eigenvalue weighted by Crippen LogP contribution is 2.29. The van der Waals surface area contributed by atoms with Gasteiger partial charge in [0.2, 0.25) is 0 Å². The molecule has 0 radical (unpaired) electrons. The maximum absolute atomic E-state index is 5.29. The lowest BCUT2D eigenvalue weighted by Crippen LogP contribution is -2.51. The molecule has 0 spiro atoms. The molecule has 90 valence electrons. The SMILES string of the molecule is CC1(C)CCCNC1CNCc1ccco1. The predicted octanol–water partition coefficient (Wildman–Crippen LogP) is 2.15. The fourth-order valence-electron chi connectivity index (χ4n) is 2.37. The summed E-state index contributed by atoms with van der Waals surface area (Å²) in [5, 5.41) is 7.05. The van der Waals surface area contributed by atoms with Gasteiger partial charge in [0.1, 0.15) is 5.76 Å². The molecule has 1 fully saturated rings. The Kier molecular flexibility index (Phi) is 3.66. The Hall–Kier alpha value is -0.800. The summed E-state index contributed by atoms with van der Waals surface area (Å²) in [4.78, 5) is 0. The van der Waals surface area contributed by atoms with Crippen molar-refractivity contribution >= 4 is 0 Å². The maximum Gasteiger partial charge on any atom is 0.117 e. The molecule has 1 aliphatic rings. The summed E-state index contributed by atoms with van der Waals surface area (Å²) in [7, 11) is 0. The van der Waals surface area contributed by atoms with E-state index in [1.54, 1.807) is 6.26 Å². The summed E-state index contributed by atoms with van der Waals surface area (Å²) in [6, 6.07) is 4.50. The largest absolute Gasteiger partial charge is 0.468 e. The Morgan fingerprint density at radius 1 is 1.56 bits per heavy atom. The topological polar surface area (TPSA) is 37.2 Å². The first-order chi connectivity index (χ1) is 7.68. The van der Waals surface area contributed by atoms with Gasteiger partial charge >= 0.3 is 0 Å². The molecular weight excluding hydrogens is 200 g/mol. The minimum Gasteiger partial charge on any atom is -0.468 e. The molecule has 1 saturated heterocycles. The smallest absolute Gasteiger partial charge is 0.117 e. The maximum atomic E-state index is 5.29. The number of furan rings is 1. The third-order valence-corrected chi connectivity index (χ3v) is 3.56. The van der Waals surface area contributed by atoms with Gasteiger partial charge in [-0.15, -0.1) is 0 Å². The summed E-state index contributed by atoms with van der Waals surface area (Å²) < 4.78 is 5.29. The molecule has 0 amide bonds. The van der Waals surface area contributed by atoms with Gasteiger partial charge in [0.15, 0.2) is 0 Å². The van der Waals surface area contributed by atoms with Gasteiger partial charge in [-0.1, -0.05) is 13.8 Å². The molecule has 2 rings (SSSR count). The lowest BCUT2D eigenvalue weighted by molar-refractivity contribution is 0.175. The number of nitrogens with one attached hydrogen (secondary N) is 2. The van der Waals surface area contributed by atoms with E-state index < -0.39 is 0 Å². The highest BCUT2D eigenvalue weighted by molar-refractivity contribution is 4.98. The van der Waals surface area contributed by atoms with Crippen molar-refractivity contribution in [3.63, 3.8) is 0 Å². The molecule has 1 unspecified atom stereocenters. The zero-order chi connectivity index (χ0) is 11.4. The van der Waals surface area contributed by atoms with E-state index in [2.05, 4.69) is 24.5 Å². The third kappa shape index (κ3) is 2.86. The second kappa shape index (κ2) is 5.02. The van der Waals surface area contributed by atoms with Crippen molar-refractivity contribution in [3.8, 4) is 0 Å². The van der Waals surface area contributed by atoms with Gasteiger partial charge in [0.05, 0.1) is 12.8 Å². The normalized spacial score (nSPS) is 24.5. The predicted molar refractivity (Wildman–Crippen MR) is 65.2 cm³/mol. The fourth-order valence-corrected chi connectivity index (χ4v) is 2.37. The van der Waals surface area contributed by atoms with E-state index in [0.29, 0.717) is 11.5 Å². The van der Waals surface area contributed by atoms with E-state index in [4.69, 9.17) is 4.42 Å². The van der Waals surface area contributed by atoms with Gasteiger partial charge in [0, 0.05) is 12.6 Å². The third-order valence-electron chi connectivity index (χ3n) is 3.56. The minimum absolute atomic E-state index is 0.397.